The molecule has 2 nitrogen and oxygen atoms in total. The average Bonchev–Trinajstić information content (AvgIpc) is 3.94. The van der Waals surface area contributed by atoms with Gasteiger partial charge in [-0.05, 0) is 118 Å². The van der Waals surface area contributed by atoms with Crippen molar-refractivity contribution < 1.29 is 0 Å². The first-order chi connectivity index (χ1) is 28.8. The van der Waals surface area contributed by atoms with Crippen molar-refractivity contribution in [3.63, 3.8) is 0 Å². The van der Waals surface area contributed by atoms with E-state index < -0.39 is 5.41 Å². The number of para-hydroxylation sites is 1. The fourth-order valence-corrected chi connectivity index (χ4v) is 10.8. The lowest BCUT2D eigenvalue weighted by atomic mass is 9.68. The zero-order chi connectivity index (χ0) is 38.0. The molecule has 0 unspecified atom stereocenters. The maximum atomic E-state index is 5.38. The van der Waals surface area contributed by atoms with Crippen LogP contribution in [0.25, 0.3) is 93.8 Å². The minimum absolute atomic E-state index is 0.511. The molecule has 0 fully saturated rings. The second-order valence-electron chi connectivity index (χ2n) is 15.8. The molecule has 0 atom stereocenters. The largest absolute Gasteiger partial charge is 0.292 e. The molecular formula is C56H34N2. The van der Waals surface area contributed by atoms with E-state index in [0.29, 0.717) is 0 Å². The van der Waals surface area contributed by atoms with E-state index in [1.807, 2.05) is 0 Å². The Labute approximate surface area is 335 Å². The predicted octanol–water partition coefficient (Wildman–Crippen LogP) is 14.2. The van der Waals surface area contributed by atoms with Gasteiger partial charge in [0.25, 0.3) is 0 Å². The van der Waals surface area contributed by atoms with Crippen molar-refractivity contribution >= 4 is 43.4 Å². The summed E-state index contributed by atoms with van der Waals surface area (Å²) in [5.41, 5.74) is 16.8. The molecule has 0 N–H and O–H groups in total. The number of nitrogens with zero attached hydrogens (tertiary/aromatic N) is 2. The van der Waals surface area contributed by atoms with Crippen LogP contribution < -0.4 is 0 Å². The molecule has 0 saturated heterocycles. The molecule has 268 valence electrons. The van der Waals surface area contributed by atoms with Gasteiger partial charge in [0.2, 0.25) is 0 Å². The van der Waals surface area contributed by atoms with Crippen LogP contribution in [0.5, 0.6) is 0 Å². The van der Waals surface area contributed by atoms with Crippen LogP contribution >= 0.6 is 0 Å². The number of aromatic nitrogens is 2. The van der Waals surface area contributed by atoms with E-state index in [-0.39, 0.29) is 0 Å². The lowest BCUT2D eigenvalue weighted by Crippen LogP contribution is -2.26. The Morgan fingerprint density at radius 2 is 0.897 bits per heavy atom. The molecule has 10 aromatic carbocycles. The number of benzene rings is 10. The first-order valence-electron chi connectivity index (χ1n) is 20.1. The molecule has 13 rings (SSSR count). The fraction of sp³-hybridized carbons (Fsp3) is 0.0179. The number of rotatable bonds is 3. The minimum Gasteiger partial charge on any atom is -0.292 e. The maximum Gasteiger partial charge on any atom is 0.145 e. The van der Waals surface area contributed by atoms with Crippen LogP contribution in [0, 0.1) is 0 Å². The van der Waals surface area contributed by atoms with Gasteiger partial charge in [-0.1, -0.05) is 176 Å². The van der Waals surface area contributed by atoms with Crippen molar-refractivity contribution in [3.8, 4) is 50.5 Å². The molecule has 2 heteroatoms. The van der Waals surface area contributed by atoms with Crippen molar-refractivity contribution in [1.29, 1.82) is 0 Å². The maximum absolute atomic E-state index is 5.38. The molecule has 0 aliphatic heterocycles. The van der Waals surface area contributed by atoms with E-state index in [1.54, 1.807) is 0 Å². The van der Waals surface area contributed by atoms with E-state index in [4.69, 9.17) is 4.98 Å². The number of hydrogen-bond donors (Lipinski definition) is 0. The third-order valence-corrected chi connectivity index (χ3v) is 13.0. The Hall–Kier alpha value is -7.55. The fourth-order valence-electron chi connectivity index (χ4n) is 10.8. The Bertz CT molecular complexity index is 3460. The van der Waals surface area contributed by atoms with Crippen LogP contribution in [0.2, 0.25) is 0 Å². The lowest BCUT2D eigenvalue weighted by Gasteiger charge is -2.33. The summed E-state index contributed by atoms with van der Waals surface area (Å²) in [6, 6.07) is 76.1. The summed E-state index contributed by atoms with van der Waals surface area (Å²) >= 11 is 0. The smallest absolute Gasteiger partial charge is 0.145 e. The monoisotopic (exact) mass is 734 g/mol. The Morgan fingerprint density at radius 3 is 1.59 bits per heavy atom. The SMILES string of the molecule is c1ccc(-c2nc3cc(-c4cc5c(c6ccccc46)C4(c6ccccc6-c6ccccc64)c4c-5c5ccccc5c5ccccc45)ccc3n2-c2ccccc2)cc1. The summed E-state index contributed by atoms with van der Waals surface area (Å²) in [5, 5.41) is 7.71. The molecule has 0 bridgehead atoms. The van der Waals surface area contributed by atoms with Crippen molar-refractivity contribution in [1.82, 2.24) is 9.55 Å². The van der Waals surface area contributed by atoms with Crippen molar-refractivity contribution in [2.45, 2.75) is 5.41 Å². The molecule has 2 aliphatic carbocycles. The van der Waals surface area contributed by atoms with Crippen LogP contribution in [0.15, 0.2) is 206 Å². The van der Waals surface area contributed by atoms with Gasteiger partial charge < -0.3 is 0 Å². The summed E-state index contributed by atoms with van der Waals surface area (Å²) in [5.74, 6) is 0.936. The van der Waals surface area contributed by atoms with E-state index in [2.05, 4.69) is 211 Å². The highest BCUT2D eigenvalue weighted by Gasteiger charge is 2.54. The second-order valence-corrected chi connectivity index (χ2v) is 15.8. The summed E-state index contributed by atoms with van der Waals surface area (Å²) in [7, 11) is 0. The summed E-state index contributed by atoms with van der Waals surface area (Å²) in [6.45, 7) is 0. The average molecular weight is 735 g/mol. The molecule has 1 aromatic heterocycles. The van der Waals surface area contributed by atoms with Gasteiger partial charge in [-0.25, -0.2) is 4.98 Å². The lowest BCUT2D eigenvalue weighted by molar-refractivity contribution is 0.809. The highest BCUT2D eigenvalue weighted by molar-refractivity contribution is 6.22. The third-order valence-electron chi connectivity index (χ3n) is 13.0. The normalized spacial score (nSPS) is 13.3. The van der Waals surface area contributed by atoms with E-state index in [9.17, 15) is 0 Å². The van der Waals surface area contributed by atoms with Gasteiger partial charge in [-0.15, -0.1) is 0 Å². The molecule has 11 aromatic rings. The van der Waals surface area contributed by atoms with Gasteiger partial charge in [0.05, 0.1) is 16.4 Å². The summed E-state index contributed by atoms with van der Waals surface area (Å²) < 4.78 is 2.29. The Balaban J connectivity index is 1.17. The van der Waals surface area contributed by atoms with Gasteiger partial charge in [-0.2, -0.15) is 0 Å². The van der Waals surface area contributed by atoms with Crippen molar-refractivity contribution in [2.24, 2.45) is 0 Å². The summed E-state index contributed by atoms with van der Waals surface area (Å²) in [4.78, 5) is 5.38. The van der Waals surface area contributed by atoms with Gasteiger partial charge >= 0.3 is 0 Å². The van der Waals surface area contributed by atoms with E-state index in [0.717, 1.165) is 33.7 Å². The zero-order valence-corrected chi connectivity index (χ0v) is 31.5. The van der Waals surface area contributed by atoms with Gasteiger partial charge in [0.1, 0.15) is 5.82 Å². The van der Waals surface area contributed by atoms with Crippen molar-refractivity contribution in [3.05, 3.63) is 229 Å². The van der Waals surface area contributed by atoms with Gasteiger partial charge in [0, 0.05) is 11.3 Å². The highest BCUT2D eigenvalue weighted by Crippen LogP contribution is 2.67. The first kappa shape index (κ1) is 31.6. The van der Waals surface area contributed by atoms with Gasteiger partial charge in [-0.3, -0.25) is 4.57 Å². The van der Waals surface area contributed by atoms with Crippen LogP contribution in [-0.2, 0) is 5.41 Å². The van der Waals surface area contributed by atoms with Crippen LogP contribution in [-0.4, -0.2) is 9.55 Å². The molecule has 1 heterocycles. The number of imidazole rings is 1. The minimum atomic E-state index is -0.511. The standard InChI is InChI=1S/C56H34N2/c1-3-17-35(18-4-1)55-57-50-33-36(31-32-51(50)58(55)37-19-5-2-6-20-37)46-34-47-52-43-26-10-7-21-38(43)39-22-8-12-28-45(39)54(52)56(53(47)44-27-11-9-23-40(44)46)48-29-15-13-24-41(48)42-25-14-16-30-49(42)56/h1-34H. The van der Waals surface area contributed by atoms with Crippen molar-refractivity contribution in [2.75, 3.05) is 0 Å². The quantitative estimate of drug-likeness (QED) is 0.165. The topological polar surface area (TPSA) is 17.8 Å². The Morgan fingerprint density at radius 1 is 0.362 bits per heavy atom. The number of hydrogen-bond acceptors (Lipinski definition) is 1. The predicted molar refractivity (Wildman–Crippen MR) is 241 cm³/mol. The molecule has 58 heavy (non-hydrogen) atoms. The molecule has 0 saturated carbocycles. The highest BCUT2D eigenvalue weighted by atomic mass is 15.1. The number of fused-ring (bicyclic) bond motifs is 18. The summed E-state index contributed by atoms with van der Waals surface area (Å²) in [6.07, 6.45) is 0. The Kier molecular flexibility index (Phi) is 6.40. The van der Waals surface area contributed by atoms with Crippen LogP contribution in [0.1, 0.15) is 22.3 Å². The molecular weight excluding hydrogens is 701 g/mol. The molecule has 0 radical (unpaired) electrons. The molecule has 2 aliphatic rings. The van der Waals surface area contributed by atoms with Crippen LogP contribution in [0.4, 0.5) is 0 Å². The van der Waals surface area contributed by atoms with Crippen LogP contribution in [0.3, 0.4) is 0 Å². The second kappa shape index (κ2) is 11.7. The van der Waals surface area contributed by atoms with E-state index >= 15 is 0 Å². The van der Waals surface area contributed by atoms with E-state index in [1.165, 1.54) is 82.4 Å². The third kappa shape index (κ3) is 4.03. The molecule has 1 spiro atoms. The van der Waals surface area contributed by atoms with Gasteiger partial charge in [0.15, 0.2) is 0 Å². The first-order valence-corrected chi connectivity index (χ1v) is 20.1. The zero-order valence-electron chi connectivity index (χ0n) is 31.5. The molecule has 0 amide bonds.